The SMILES string of the molecule is Cc1cc(N2CCc3ccccc3C2)n2nc(C)nc2n1. The van der Waals surface area contributed by atoms with Gasteiger partial charge in [0.1, 0.15) is 11.6 Å². The standard InChI is InChI=1S/C16H17N5/c1-11-9-15(21-16(17-11)18-12(2)19-21)20-8-7-13-5-3-4-6-14(13)10-20/h3-6,9H,7-8,10H2,1-2H3. The van der Waals surface area contributed by atoms with Crippen molar-refractivity contribution < 1.29 is 0 Å². The van der Waals surface area contributed by atoms with Crippen molar-refractivity contribution in [1.82, 2.24) is 19.6 Å². The van der Waals surface area contributed by atoms with E-state index in [1.807, 2.05) is 18.4 Å². The molecule has 5 nitrogen and oxygen atoms in total. The number of aryl methyl sites for hydroxylation is 2. The van der Waals surface area contributed by atoms with Gasteiger partial charge in [0.05, 0.1) is 0 Å². The quantitative estimate of drug-likeness (QED) is 0.686. The molecule has 0 atom stereocenters. The van der Waals surface area contributed by atoms with Gasteiger partial charge in [-0.2, -0.15) is 9.50 Å². The highest BCUT2D eigenvalue weighted by Gasteiger charge is 2.19. The Hall–Kier alpha value is -2.43. The van der Waals surface area contributed by atoms with Gasteiger partial charge in [-0.15, -0.1) is 5.10 Å². The lowest BCUT2D eigenvalue weighted by molar-refractivity contribution is 0.700. The van der Waals surface area contributed by atoms with Crippen molar-refractivity contribution in [3.8, 4) is 0 Å². The molecule has 1 aromatic carbocycles. The lowest BCUT2D eigenvalue weighted by atomic mass is 10.00. The van der Waals surface area contributed by atoms with Gasteiger partial charge in [0.15, 0.2) is 0 Å². The van der Waals surface area contributed by atoms with E-state index in [1.54, 1.807) is 0 Å². The Morgan fingerprint density at radius 3 is 2.71 bits per heavy atom. The topological polar surface area (TPSA) is 46.3 Å². The first-order valence-corrected chi connectivity index (χ1v) is 7.23. The molecule has 0 aliphatic carbocycles. The van der Waals surface area contributed by atoms with Crippen LogP contribution in [-0.2, 0) is 13.0 Å². The molecule has 0 bridgehead atoms. The van der Waals surface area contributed by atoms with E-state index < -0.39 is 0 Å². The van der Waals surface area contributed by atoms with Gasteiger partial charge in [0.2, 0.25) is 0 Å². The zero-order valence-electron chi connectivity index (χ0n) is 12.2. The van der Waals surface area contributed by atoms with Gasteiger partial charge in [-0.25, -0.2) is 4.98 Å². The van der Waals surface area contributed by atoms with Crippen LogP contribution in [-0.4, -0.2) is 26.1 Å². The van der Waals surface area contributed by atoms with Crippen molar-refractivity contribution in [3.05, 3.63) is 53.0 Å². The number of aromatic nitrogens is 4. The third-order valence-corrected chi connectivity index (χ3v) is 3.98. The van der Waals surface area contributed by atoms with Gasteiger partial charge >= 0.3 is 0 Å². The zero-order valence-corrected chi connectivity index (χ0v) is 12.2. The second-order valence-corrected chi connectivity index (χ2v) is 5.57. The molecule has 0 N–H and O–H groups in total. The van der Waals surface area contributed by atoms with Crippen LogP contribution in [0.4, 0.5) is 5.82 Å². The minimum Gasteiger partial charge on any atom is -0.352 e. The number of hydrogen-bond acceptors (Lipinski definition) is 4. The van der Waals surface area contributed by atoms with Crippen molar-refractivity contribution in [2.45, 2.75) is 26.8 Å². The largest absolute Gasteiger partial charge is 0.352 e. The molecule has 0 fully saturated rings. The van der Waals surface area contributed by atoms with Crippen molar-refractivity contribution in [2.24, 2.45) is 0 Å². The second-order valence-electron chi connectivity index (χ2n) is 5.57. The molecule has 3 aromatic rings. The molecule has 3 heterocycles. The van der Waals surface area contributed by atoms with Crippen molar-refractivity contribution in [1.29, 1.82) is 0 Å². The van der Waals surface area contributed by atoms with E-state index in [1.165, 1.54) is 11.1 Å². The van der Waals surface area contributed by atoms with E-state index in [4.69, 9.17) is 0 Å². The van der Waals surface area contributed by atoms with Crippen LogP contribution in [0.25, 0.3) is 5.78 Å². The number of fused-ring (bicyclic) bond motifs is 2. The lowest BCUT2D eigenvalue weighted by Crippen LogP contribution is -2.32. The Labute approximate surface area is 123 Å². The van der Waals surface area contributed by atoms with Crippen LogP contribution in [0.3, 0.4) is 0 Å². The zero-order chi connectivity index (χ0) is 14.4. The number of benzene rings is 1. The van der Waals surface area contributed by atoms with E-state index in [0.717, 1.165) is 36.8 Å². The third-order valence-electron chi connectivity index (χ3n) is 3.98. The molecule has 0 radical (unpaired) electrons. The van der Waals surface area contributed by atoms with Crippen LogP contribution in [0.5, 0.6) is 0 Å². The van der Waals surface area contributed by atoms with Gasteiger partial charge in [-0.05, 0) is 31.4 Å². The second kappa shape index (κ2) is 4.55. The van der Waals surface area contributed by atoms with Crippen LogP contribution in [0.15, 0.2) is 30.3 Å². The van der Waals surface area contributed by atoms with Crippen LogP contribution < -0.4 is 4.90 Å². The summed E-state index contributed by atoms with van der Waals surface area (Å²) in [7, 11) is 0. The summed E-state index contributed by atoms with van der Waals surface area (Å²) in [6, 6.07) is 10.7. The molecular formula is C16H17N5. The Kier molecular flexibility index (Phi) is 2.67. The fourth-order valence-corrected chi connectivity index (χ4v) is 2.98. The van der Waals surface area contributed by atoms with E-state index >= 15 is 0 Å². The summed E-state index contributed by atoms with van der Waals surface area (Å²) >= 11 is 0. The number of hydrogen-bond donors (Lipinski definition) is 0. The normalized spacial score (nSPS) is 14.5. The van der Waals surface area contributed by atoms with Gasteiger partial charge in [-0.1, -0.05) is 24.3 Å². The highest BCUT2D eigenvalue weighted by Crippen LogP contribution is 2.24. The Morgan fingerprint density at radius 1 is 1.05 bits per heavy atom. The van der Waals surface area contributed by atoms with E-state index in [0.29, 0.717) is 5.78 Å². The molecule has 0 saturated carbocycles. The molecule has 0 spiro atoms. The highest BCUT2D eigenvalue weighted by molar-refractivity contribution is 5.50. The van der Waals surface area contributed by atoms with Crippen LogP contribution in [0.2, 0.25) is 0 Å². The third kappa shape index (κ3) is 2.05. The van der Waals surface area contributed by atoms with Crippen LogP contribution >= 0.6 is 0 Å². The maximum atomic E-state index is 4.49. The fraction of sp³-hybridized carbons (Fsp3) is 0.312. The summed E-state index contributed by atoms with van der Waals surface area (Å²) in [6.07, 6.45) is 1.06. The summed E-state index contributed by atoms with van der Waals surface area (Å²) in [5.74, 6) is 2.51. The average Bonchev–Trinajstić information content (AvgIpc) is 2.86. The highest BCUT2D eigenvalue weighted by atomic mass is 15.4. The fourth-order valence-electron chi connectivity index (χ4n) is 2.98. The maximum Gasteiger partial charge on any atom is 0.254 e. The predicted molar refractivity (Wildman–Crippen MR) is 81.5 cm³/mol. The summed E-state index contributed by atoms with van der Waals surface area (Å²) in [6.45, 7) is 5.81. The predicted octanol–water partition coefficient (Wildman–Crippen LogP) is 2.30. The Balaban J connectivity index is 1.81. The number of anilines is 1. The minimum absolute atomic E-state index is 0.682. The number of rotatable bonds is 1. The Morgan fingerprint density at radius 2 is 1.86 bits per heavy atom. The molecule has 0 saturated heterocycles. The van der Waals surface area contributed by atoms with Gasteiger partial charge in [0, 0.05) is 24.8 Å². The molecular weight excluding hydrogens is 262 g/mol. The molecule has 106 valence electrons. The van der Waals surface area contributed by atoms with E-state index in [-0.39, 0.29) is 0 Å². The molecule has 1 aliphatic heterocycles. The average molecular weight is 279 g/mol. The monoisotopic (exact) mass is 279 g/mol. The van der Waals surface area contributed by atoms with Gasteiger partial charge < -0.3 is 4.90 Å². The molecule has 4 rings (SSSR count). The molecule has 1 aliphatic rings. The molecule has 0 unspecified atom stereocenters. The summed E-state index contributed by atoms with van der Waals surface area (Å²) in [4.78, 5) is 11.2. The summed E-state index contributed by atoms with van der Waals surface area (Å²) in [5.41, 5.74) is 3.82. The summed E-state index contributed by atoms with van der Waals surface area (Å²) < 4.78 is 1.86. The van der Waals surface area contributed by atoms with Gasteiger partial charge in [0.25, 0.3) is 5.78 Å². The first-order valence-electron chi connectivity index (χ1n) is 7.23. The van der Waals surface area contributed by atoms with Crippen LogP contribution in [0, 0.1) is 13.8 Å². The molecule has 21 heavy (non-hydrogen) atoms. The van der Waals surface area contributed by atoms with E-state index in [9.17, 15) is 0 Å². The Bertz CT molecular complexity index is 821. The number of nitrogens with zero attached hydrogens (tertiary/aromatic N) is 5. The molecule has 5 heteroatoms. The first kappa shape index (κ1) is 12.3. The maximum absolute atomic E-state index is 4.49. The molecule has 2 aromatic heterocycles. The minimum atomic E-state index is 0.682. The van der Waals surface area contributed by atoms with Crippen molar-refractivity contribution >= 4 is 11.6 Å². The van der Waals surface area contributed by atoms with Crippen molar-refractivity contribution in [2.75, 3.05) is 11.4 Å². The molecule has 0 amide bonds. The van der Waals surface area contributed by atoms with Gasteiger partial charge in [-0.3, -0.25) is 0 Å². The summed E-state index contributed by atoms with van der Waals surface area (Å²) in [5, 5.41) is 4.49. The smallest absolute Gasteiger partial charge is 0.254 e. The first-order chi connectivity index (χ1) is 10.2. The lowest BCUT2D eigenvalue weighted by Gasteiger charge is -2.30. The van der Waals surface area contributed by atoms with Crippen LogP contribution in [0.1, 0.15) is 22.6 Å². The van der Waals surface area contributed by atoms with E-state index in [2.05, 4.69) is 50.3 Å². The van der Waals surface area contributed by atoms with Crippen molar-refractivity contribution in [3.63, 3.8) is 0 Å².